The molecule has 0 radical (unpaired) electrons. The normalized spacial score (nSPS) is 11.4. The number of amides is 2. The standard InChI is InChI=1S/C28H19FN2O4/c1-35-25-12-10-19(15-24(25)31-28(34)16-5-4-6-18(29)13-16)30-27(33)17-9-11-21-20-7-2-3-8-22(20)26(32)23(21)14-17/h2-15H,1H3,(H,30,33)(H,31,34). The highest BCUT2D eigenvalue weighted by Gasteiger charge is 2.27. The fraction of sp³-hybridized carbons (Fsp3) is 0.0357. The predicted molar refractivity (Wildman–Crippen MR) is 131 cm³/mol. The number of carbonyl (C=O) groups is 3. The second kappa shape index (κ2) is 8.87. The first-order valence-electron chi connectivity index (χ1n) is 10.8. The Labute approximate surface area is 200 Å². The van der Waals surface area contributed by atoms with Crippen LogP contribution in [0.25, 0.3) is 11.1 Å². The molecule has 4 aromatic rings. The van der Waals surface area contributed by atoms with Crippen LogP contribution >= 0.6 is 0 Å². The number of benzene rings is 4. The van der Waals surface area contributed by atoms with E-state index in [-0.39, 0.29) is 11.3 Å². The number of carbonyl (C=O) groups excluding carboxylic acids is 3. The molecular formula is C28H19FN2O4. The third kappa shape index (κ3) is 4.15. The second-order valence-electron chi connectivity index (χ2n) is 7.97. The van der Waals surface area contributed by atoms with Gasteiger partial charge in [-0.3, -0.25) is 14.4 Å². The van der Waals surface area contributed by atoms with Crippen molar-refractivity contribution < 1.29 is 23.5 Å². The zero-order chi connectivity index (χ0) is 24.5. The molecule has 35 heavy (non-hydrogen) atoms. The van der Waals surface area contributed by atoms with E-state index < -0.39 is 17.6 Å². The van der Waals surface area contributed by atoms with E-state index in [4.69, 9.17) is 4.74 Å². The molecule has 172 valence electrons. The summed E-state index contributed by atoms with van der Waals surface area (Å²) >= 11 is 0. The maximum Gasteiger partial charge on any atom is 0.255 e. The molecule has 0 atom stereocenters. The number of anilines is 2. The molecule has 0 spiro atoms. The van der Waals surface area contributed by atoms with Crippen LogP contribution in [0.1, 0.15) is 36.6 Å². The first-order chi connectivity index (χ1) is 16.9. The Morgan fingerprint density at radius 2 is 1.43 bits per heavy atom. The largest absolute Gasteiger partial charge is 0.495 e. The molecule has 4 aromatic carbocycles. The Hall–Kier alpha value is -4.78. The van der Waals surface area contributed by atoms with Crippen molar-refractivity contribution >= 4 is 29.0 Å². The summed E-state index contributed by atoms with van der Waals surface area (Å²) in [5.74, 6) is -1.21. The van der Waals surface area contributed by atoms with Crippen LogP contribution in [0.5, 0.6) is 5.75 Å². The van der Waals surface area contributed by atoms with Gasteiger partial charge in [0.05, 0.1) is 12.8 Å². The first-order valence-corrected chi connectivity index (χ1v) is 10.8. The van der Waals surface area contributed by atoms with E-state index in [2.05, 4.69) is 10.6 Å². The average molecular weight is 466 g/mol. The average Bonchev–Trinajstić information content (AvgIpc) is 3.16. The van der Waals surface area contributed by atoms with Crippen LogP contribution in [0.3, 0.4) is 0 Å². The van der Waals surface area contributed by atoms with Crippen LogP contribution in [0.2, 0.25) is 0 Å². The van der Waals surface area contributed by atoms with Gasteiger partial charge >= 0.3 is 0 Å². The zero-order valence-corrected chi connectivity index (χ0v) is 18.6. The highest BCUT2D eigenvalue weighted by Crippen LogP contribution is 2.37. The van der Waals surface area contributed by atoms with Crippen LogP contribution in [0.15, 0.2) is 84.9 Å². The van der Waals surface area contributed by atoms with Gasteiger partial charge in [0.2, 0.25) is 0 Å². The lowest BCUT2D eigenvalue weighted by Gasteiger charge is -2.13. The Morgan fingerprint density at radius 1 is 0.714 bits per heavy atom. The lowest BCUT2D eigenvalue weighted by molar-refractivity contribution is 0.101. The van der Waals surface area contributed by atoms with Crippen molar-refractivity contribution in [3.05, 3.63) is 113 Å². The second-order valence-corrected chi connectivity index (χ2v) is 7.97. The van der Waals surface area contributed by atoms with E-state index in [0.717, 1.165) is 17.2 Å². The van der Waals surface area contributed by atoms with Gasteiger partial charge in [0.25, 0.3) is 11.8 Å². The third-order valence-corrected chi connectivity index (χ3v) is 5.78. The molecule has 2 N–H and O–H groups in total. The molecule has 0 aromatic heterocycles. The van der Waals surface area contributed by atoms with Gasteiger partial charge in [0.15, 0.2) is 5.78 Å². The molecule has 0 bridgehead atoms. The van der Waals surface area contributed by atoms with Gasteiger partial charge in [-0.05, 0) is 59.7 Å². The predicted octanol–water partition coefficient (Wildman–Crippen LogP) is 5.55. The summed E-state index contributed by atoms with van der Waals surface area (Å²) in [6.07, 6.45) is 0. The number of hydrogen-bond acceptors (Lipinski definition) is 4. The Morgan fingerprint density at radius 3 is 2.20 bits per heavy atom. The van der Waals surface area contributed by atoms with Gasteiger partial charge in [-0.2, -0.15) is 0 Å². The molecule has 1 aliphatic carbocycles. The highest BCUT2D eigenvalue weighted by atomic mass is 19.1. The number of hydrogen-bond donors (Lipinski definition) is 2. The smallest absolute Gasteiger partial charge is 0.255 e. The van der Waals surface area contributed by atoms with E-state index >= 15 is 0 Å². The minimum Gasteiger partial charge on any atom is -0.495 e. The van der Waals surface area contributed by atoms with Crippen molar-refractivity contribution in [1.29, 1.82) is 0 Å². The van der Waals surface area contributed by atoms with Crippen molar-refractivity contribution in [3.8, 4) is 16.9 Å². The van der Waals surface area contributed by atoms with Crippen LogP contribution in [0.4, 0.5) is 15.8 Å². The molecule has 0 unspecified atom stereocenters. The van der Waals surface area contributed by atoms with Gasteiger partial charge in [-0.25, -0.2) is 4.39 Å². The van der Waals surface area contributed by atoms with Gasteiger partial charge in [0, 0.05) is 27.9 Å². The van der Waals surface area contributed by atoms with Crippen molar-refractivity contribution in [2.24, 2.45) is 0 Å². The maximum absolute atomic E-state index is 13.5. The number of ketones is 1. The summed E-state index contributed by atoms with van der Waals surface area (Å²) in [4.78, 5) is 38.3. The number of methoxy groups -OCH3 is 1. The zero-order valence-electron chi connectivity index (χ0n) is 18.6. The minimum absolute atomic E-state index is 0.114. The maximum atomic E-state index is 13.5. The molecule has 7 heteroatoms. The summed E-state index contributed by atoms with van der Waals surface area (Å²) < 4.78 is 18.8. The van der Waals surface area contributed by atoms with E-state index in [0.29, 0.717) is 33.8 Å². The lowest BCUT2D eigenvalue weighted by Crippen LogP contribution is -2.15. The molecule has 0 heterocycles. The molecular weight excluding hydrogens is 447 g/mol. The number of nitrogens with one attached hydrogen (secondary N) is 2. The quantitative estimate of drug-likeness (QED) is 0.356. The van der Waals surface area contributed by atoms with E-state index in [1.165, 1.54) is 25.3 Å². The summed E-state index contributed by atoms with van der Waals surface area (Å²) in [6, 6.07) is 22.4. The Balaban J connectivity index is 1.38. The molecule has 1 aliphatic rings. The van der Waals surface area contributed by atoms with Crippen LogP contribution < -0.4 is 15.4 Å². The van der Waals surface area contributed by atoms with Crippen molar-refractivity contribution in [3.63, 3.8) is 0 Å². The monoisotopic (exact) mass is 466 g/mol. The minimum atomic E-state index is -0.526. The number of ether oxygens (including phenoxy) is 1. The number of fused-ring (bicyclic) bond motifs is 3. The fourth-order valence-electron chi connectivity index (χ4n) is 4.08. The molecule has 0 saturated carbocycles. The molecule has 6 nitrogen and oxygen atoms in total. The molecule has 2 amide bonds. The topological polar surface area (TPSA) is 84.5 Å². The van der Waals surface area contributed by atoms with Gasteiger partial charge in [-0.15, -0.1) is 0 Å². The molecule has 0 aliphatic heterocycles. The highest BCUT2D eigenvalue weighted by molar-refractivity contribution is 6.22. The van der Waals surface area contributed by atoms with Crippen LogP contribution in [-0.4, -0.2) is 24.7 Å². The third-order valence-electron chi connectivity index (χ3n) is 5.78. The Bertz CT molecular complexity index is 1510. The van der Waals surface area contributed by atoms with Crippen LogP contribution in [0, 0.1) is 5.82 Å². The summed E-state index contributed by atoms with van der Waals surface area (Å²) in [5, 5.41) is 5.46. The van der Waals surface area contributed by atoms with E-state index in [9.17, 15) is 18.8 Å². The van der Waals surface area contributed by atoms with E-state index in [1.807, 2.05) is 18.2 Å². The lowest BCUT2D eigenvalue weighted by atomic mass is 10.0. The first kappa shape index (κ1) is 22.0. The Kier molecular flexibility index (Phi) is 5.58. The summed E-state index contributed by atoms with van der Waals surface area (Å²) in [7, 11) is 1.45. The molecule has 0 fully saturated rings. The van der Waals surface area contributed by atoms with Gasteiger partial charge in [-0.1, -0.05) is 36.4 Å². The summed E-state index contributed by atoms with van der Waals surface area (Å²) in [5.41, 5.74) is 3.93. The number of halogens is 1. The van der Waals surface area contributed by atoms with Crippen molar-refractivity contribution in [1.82, 2.24) is 0 Å². The van der Waals surface area contributed by atoms with Gasteiger partial charge < -0.3 is 15.4 Å². The van der Waals surface area contributed by atoms with Crippen LogP contribution in [-0.2, 0) is 0 Å². The molecule has 5 rings (SSSR count). The molecule has 0 saturated heterocycles. The van der Waals surface area contributed by atoms with Crippen molar-refractivity contribution in [2.45, 2.75) is 0 Å². The van der Waals surface area contributed by atoms with Gasteiger partial charge in [0.1, 0.15) is 11.6 Å². The SMILES string of the molecule is COc1ccc(NC(=O)c2ccc3c(c2)C(=O)c2ccccc2-3)cc1NC(=O)c1cccc(F)c1. The van der Waals surface area contributed by atoms with Crippen molar-refractivity contribution in [2.75, 3.05) is 17.7 Å². The summed E-state index contributed by atoms with van der Waals surface area (Å²) in [6.45, 7) is 0. The fourth-order valence-corrected chi connectivity index (χ4v) is 4.08. The van der Waals surface area contributed by atoms with E-state index in [1.54, 1.807) is 42.5 Å². The number of rotatable bonds is 5.